The van der Waals surface area contributed by atoms with Crippen molar-refractivity contribution < 1.29 is 18.3 Å². The molecule has 1 aromatic carbocycles. The zero-order chi connectivity index (χ0) is 14.3. The number of nitrogens with two attached hydrogens (primary N) is 1. The predicted molar refractivity (Wildman–Crippen MR) is 70.8 cm³/mol. The molecule has 0 aromatic heterocycles. The number of carboxylic acids is 1. The molecule has 1 aromatic rings. The number of hydrogen-bond donors (Lipinski definition) is 3. The molecule has 0 aliphatic rings. The maximum Gasteiger partial charge on any atom is 0.300 e. The quantitative estimate of drug-likeness (QED) is 0.759. The van der Waals surface area contributed by atoms with Crippen LogP contribution < -0.4 is 10.5 Å². The van der Waals surface area contributed by atoms with E-state index in [2.05, 4.69) is 4.72 Å². The number of anilines is 1. The smallest absolute Gasteiger partial charge is 0.300 e. The molecule has 4 N–H and O–H groups in total. The van der Waals surface area contributed by atoms with Gasteiger partial charge in [0.05, 0.1) is 11.9 Å². The normalized spacial score (nSPS) is 10.2. The van der Waals surface area contributed by atoms with E-state index in [1.807, 2.05) is 13.0 Å². The van der Waals surface area contributed by atoms with Gasteiger partial charge in [-0.3, -0.25) is 9.52 Å². The van der Waals surface area contributed by atoms with E-state index in [1.54, 1.807) is 12.1 Å². The van der Waals surface area contributed by atoms with Crippen LogP contribution in [0, 0.1) is 6.92 Å². The van der Waals surface area contributed by atoms with Gasteiger partial charge in [0.2, 0.25) is 10.0 Å². The summed E-state index contributed by atoms with van der Waals surface area (Å²) in [4.78, 5) is 9.00. The van der Waals surface area contributed by atoms with Crippen molar-refractivity contribution in [2.75, 3.05) is 11.0 Å². The highest BCUT2D eigenvalue weighted by Crippen LogP contribution is 2.17. The standard InChI is InChI=1S/C9H14N2O2S.C2H4O2/c1-7-5-8(6-10)3-4-9(7)11-14(2,12)13;1-2(3)4/h3-5,11H,6,10H2,1-2H3;1H3,(H,3,4). The van der Waals surface area contributed by atoms with E-state index in [0.29, 0.717) is 12.2 Å². The monoisotopic (exact) mass is 274 g/mol. The van der Waals surface area contributed by atoms with Crippen molar-refractivity contribution in [3.8, 4) is 0 Å². The lowest BCUT2D eigenvalue weighted by Gasteiger charge is -2.08. The Morgan fingerprint density at radius 2 is 1.94 bits per heavy atom. The van der Waals surface area contributed by atoms with Crippen LogP contribution in [0.25, 0.3) is 0 Å². The molecule has 0 atom stereocenters. The zero-order valence-electron chi connectivity index (χ0n) is 10.6. The number of rotatable bonds is 3. The molecular formula is C11H18N2O4S. The van der Waals surface area contributed by atoms with E-state index in [4.69, 9.17) is 15.6 Å². The summed E-state index contributed by atoms with van der Waals surface area (Å²) in [7, 11) is -3.20. The van der Waals surface area contributed by atoms with Gasteiger partial charge in [-0.05, 0) is 24.1 Å². The highest BCUT2D eigenvalue weighted by molar-refractivity contribution is 7.92. The molecule has 0 spiro atoms. The first-order chi connectivity index (χ1) is 8.15. The van der Waals surface area contributed by atoms with Crippen LogP contribution in [0.4, 0.5) is 5.69 Å². The van der Waals surface area contributed by atoms with Crippen molar-refractivity contribution in [3.63, 3.8) is 0 Å². The third-order valence-electron chi connectivity index (χ3n) is 1.82. The minimum Gasteiger partial charge on any atom is -0.481 e. The molecule has 0 bridgehead atoms. The number of sulfonamides is 1. The van der Waals surface area contributed by atoms with E-state index in [0.717, 1.165) is 24.3 Å². The van der Waals surface area contributed by atoms with Crippen LogP contribution in [0.1, 0.15) is 18.1 Å². The van der Waals surface area contributed by atoms with Crippen LogP contribution in [-0.4, -0.2) is 25.7 Å². The largest absolute Gasteiger partial charge is 0.481 e. The molecule has 1 rings (SSSR count). The highest BCUT2D eigenvalue weighted by Gasteiger charge is 2.04. The fourth-order valence-corrected chi connectivity index (χ4v) is 1.80. The van der Waals surface area contributed by atoms with Gasteiger partial charge in [-0.25, -0.2) is 8.42 Å². The second kappa shape index (κ2) is 6.97. The number of aryl methyl sites for hydroxylation is 1. The predicted octanol–water partition coefficient (Wildman–Crippen LogP) is 0.916. The van der Waals surface area contributed by atoms with Crippen molar-refractivity contribution in [1.82, 2.24) is 0 Å². The summed E-state index contributed by atoms with van der Waals surface area (Å²) in [5, 5.41) is 7.42. The van der Waals surface area contributed by atoms with Crippen LogP contribution in [0.15, 0.2) is 18.2 Å². The fourth-order valence-electron chi connectivity index (χ4n) is 1.17. The molecule has 0 fully saturated rings. The van der Waals surface area contributed by atoms with Gasteiger partial charge < -0.3 is 10.8 Å². The van der Waals surface area contributed by atoms with Crippen molar-refractivity contribution in [2.24, 2.45) is 5.73 Å². The van der Waals surface area contributed by atoms with Gasteiger partial charge >= 0.3 is 0 Å². The van der Waals surface area contributed by atoms with Gasteiger partial charge in [-0.2, -0.15) is 0 Å². The van der Waals surface area contributed by atoms with Gasteiger partial charge in [-0.15, -0.1) is 0 Å². The Labute approximate surface area is 107 Å². The molecule has 0 unspecified atom stereocenters. The van der Waals surface area contributed by atoms with E-state index in [-0.39, 0.29) is 0 Å². The number of hydrogen-bond acceptors (Lipinski definition) is 4. The van der Waals surface area contributed by atoms with Gasteiger partial charge in [-0.1, -0.05) is 12.1 Å². The summed E-state index contributed by atoms with van der Waals surface area (Å²) in [5.41, 5.74) is 7.92. The Kier molecular flexibility index (Phi) is 6.35. The lowest BCUT2D eigenvalue weighted by molar-refractivity contribution is -0.134. The topological polar surface area (TPSA) is 109 Å². The Balaban J connectivity index is 0.000000631. The molecule has 0 saturated heterocycles. The maximum atomic E-state index is 11.0. The molecule has 0 heterocycles. The van der Waals surface area contributed by atoms with Gasteiger partial charge in [0.25, 0.3) is 5.97 Å². The third-order valence-corrected chi connectivity index (χ3v) is 2.41. The Morgan fingerprint density at radius 1 is 1.44 bits per heavy atom. The summed E-state index contributed by atoms with van der Waals surface area (Å²) in [6.07, 6.45) is 1.13. The lowest BCUT2D eigenvalue weighted by atomic mass is 10.1. The number of carboxylic acid groups (broad SMARTS) is 1. The number of carbonyl (C=O) groups is 1. The van der Waals surface area contributed by atoms with Crippen LogP contribution in [-0.2, 0) is 21.4 Å². The average Bonchev–Trinajstić information content (AvgIpc) is 2.18. The number of benzene rings is 1. The molecule has 6 nitrogen and oxygen atoms in total. The molecule has 0 saturated carbocycles. The van der Waals surface area contributed by atoms with E-state index >= 15 is 0 Å². The first-order valence-electron chi connectivity index (χ1n) is 5.12. The molecule has 102 valence electrons. The number of nitrogens with one attached hydrogen (secondary N) is 1. The molecule has 0 amide bonds. The second-order valence-electron chi connectivity index (χ2n) is 3.75. The first kappa shape index (κ1) is 16.4. The van der Waals surface area contributed by atoms with Crippen molar-refractivity contribution >= 4 is 21.7 Å². The number of aliphatic carboxylic acids is 1. The third kappa shape index (κ3) is 7.64. The van der Waals surface area contributed by atoms with Gasteiger partial charge in [0.1, 0.15) is 0 Å². The van der Waals surface area contributed by atoms with Crippen molar-refractivity contribution in [2.45, 2.75) is 20.4 Å². The molecule has 0 radical (unpaired) electrons. The summed E-state index contributed by atoms with van der Waals surface area (Å²) in [6, 6.07) is 5.40. The van der Waals surface area contributed by atoms with E-state index in [1.165, 1.54) is 0 Å². The van der Waals surface area contributed by atoms with Gasteiger partial charge in [0, 0.05) is 13.5 Å². The second-order valence-corrected chi connectivity index (χ2v) is 5.50. The van der Waals surface area contributed by atoms with Crippen LogP contribution in [0.3, 0.4) is 0 Å². The maximum absolute atomic E-state index is 11.0. The average molecular weight is 274 g/mol. The highest BCUT2D eigenvalue weighted by atomic mass is 32.2. The summed E-state index contributed by atoms with van der Waals surface area (Å²) in [6.45, 7) is 3.38. The molecule has 0 aliphatic carbocycles. The zero-order valence-corrected chi connectivity index (χ0v) is 11.4. The lowest BCUT2D eigenvalue weighted by Crippen LogP contribution is -2.10. The molecule has 18 heavy (non-hydrogen) atoms. The molecular weight excluding hydrogens is 256 g/mol. The minimum absolute atomic E-state index is 0.458. The van der Waals surface area contributed by atoms with Crippen molar-refractivity contribution in [1.29, 1.82) is 0 Å². The van der Waals surface area contributed by atoms with E-state index < -0.39 is 16.0 Å². The van der Waals surface area contributed by atoms with Crippen LogP contribution in [0.5, 0.6) is 0 Å². The SMILES string of the molecule is CC(=O)O.Cc1cc(CN)ccc1NS(C)(=O)=O. The van der Waals surface area contributed by atoms with Crippen LogP contribution in [0.2, 0.25) is 0 Å². The Hall–Kier alpha value is -1.60. The summed E-state index contributed by atoms with van der Waals surface area (Å²) < 4.78 is 24.4. The minimum atomic E-state index is -3.20. The van der Waals surface area contributed by atoms with E-state index in [9.17, 15) is 8.42 Å². The summed E-state index contributed by atoms with van der Waals surface area (Å²) >= 11 is 0. The van der Waals surface area contributed by atoms with Crippen molar-refractivity contribution in [3.05, 3.63) is 29.3 Å². The Morgan fingerprint density at radius 3 is 2.28 bits per heavy atom. The molecule has 0 aliphatic heterocycles. The van der Waals surface area contributed by atoms with Crippen LogP contribution >= 0.6 is 0 Å². The summed E-state index contributed by atoms with van der Waals surface area (Å²) in [5.74, 6) is -0.833. The van der Waals surface area contributed by atoms with Gasteiger partial charge in [0.15, 0.2) is 0 Å². The first-order valence-corrected chi connectivity index (χ1v) is 7.01. The fraction of sp³-hybridized carbons (Fsp3) is 0.364. The molecule has 7 heteroatoms. The Bertz CT molecular complexity index is 508.